The summed E-state index contributed by atoms with van der Waals surface area (Å²) in [5, 5.41) is 15.0. The Morgan fingerprint density at radius 1 is 1.38 bits per heavy atom. The molecular weight excluding hydrogens is 308 g/mol. The fraction of sp³-hybridized carbons (Fsp3) is 0.500. The molecule has 1 fully saturated rings. The predicted molar refractivity (Wildman–Crippen MR) is 88.9 cm³/mol. The van der Waals surface area contributed by atoms with Gasteiger partial charge in [0, 0.05) is 39.6 Å². The highest BCUT2D eigenvalue weighted by molar-refractivity contribution is 5.76. The standard InChI is InChI=1S/C16H22N6O2/c1-20(2)15(23)9-16(24)5-3-7-21(12-16)13-10-17-11-14(19-13)22-8-4-6-18-22/h4,6,8,10-11,24H,3,5,7,9,12H2,1-2H3. The van der Waals surface area contributed by atoms with Crippen LogP contribution in [0.15, 0.2) is 30.9 Å². The van der Waals surface area contributed by atoms with Crippen molar-refractivity contribution < 1.29 is 9.90 Å². The molecule has 3 rings (SSSR count). The van der Waals surface area contributed by atoms with Crippen LogP contribution >= 0.6 is 0 Å². The average molecular weight is 330 g/mol. The van der Waals surface area contributed by atoms with Crippen LogP contribution in [-0.2, 0) is 4.79 Å². The van der Waals surface area contributed by atoms with Gasteiger partial charge in [0.15, 0.2) is 5.82 Å². The molecule has 0 aliphatic carbocycles. The number of anilines is 1. The fourth-order valence-corrected chi connectivity index (χ4v) is 2.90. The number of β-amino-alcohol motifs (C(OH)–C–C–N with tert-alkyl or cyclic N) is 1. The highest BCUT2D eigenvalue weighted by Gasteiger charge is 2.36. The third kappa shape index (κ3) is 3.53. The van der Waals surface area contributed by atoms with Crippen LogP contribution in [0, 0.1) is 0 Å². The third-order valence-corrected chi connectivity index (χ3v) is 4.21. The van der Waals surface area contributed by atoms with Gasteiger partial charge in [0.2, 0.25) is 5.91 Å². The highest BCUT2D eigenvalue weighted by atomic mass is 16.3. The van der Waals surface area contributed by atoms with E-state index in [2.05, 4.69) is 15.1 Å². The van der Waals surface area contributed by atoms with Crippen molar-refractivity contribution in [3.63, 3.8) is 0 Å². The molecule has 1 amide bonds. The van der Waals surface area contributed by atoms with Gasteiger partial charge in [0.1, 0.15) is 5.82 Å². The zero-order valence-electron chi connectivity index (χ0n) is 14.0. The Kier molecular flexibility index (Phi) is 4.48. The largest absolute Gasteiger partial charge is 0.388 e. The van der Waals surface area contributed by atoms with Crippen molar-refractivity contribution in [2.45, 2.75) is 24.9 Å². The predicted octanol–water partition coefficient (Wildman–Crippen LogP) is 0.472. The molecule has 128 valence electrons. The number of amides is 1. The summed E-state index contributed by atoms with van der Waals surface area (Å²) >= 11 is 0. The Balaban J connectivity index is 1.77. The molecule has 2 aromatic heterocycles. The first-order valence-electron chi connectivity index (χ1n) is 7.96. The molecule has 1 atom stereocenters. The van der Waals surface area contributed by atoms with E-state index in [0.717, 1.165) is 13.0 Å². The quantitative estimate of drug-likeness (QED) is 0.877. The van der Waals surface area contributed by atoms with Gasteiger partial charge < -0.3 is 14.9 Å². The van der Waals surface area contributed by atoms with E-state index >= 15 is 0 Å². The molecule has 0 saturated carbocycles. The summed E-state index contributed by atoms with van der Waals surface area (Å²) in [6, 6.07) is 1.82. The van der Waals surface area contributed by atoms with Crippen LogP contribution in [0.1, 0.15) is 19.3 Å². The zero-order valence-corrected chi connectivity index (χ0v) is 14.0. The molecule has 0 aromatic carbocycles. The minimum absolute atomic E-state index is 0.0734. The number of piperidine rings is 1. The summed E-state index contributed by atoms with van der Waals surface area (Å²) in [5.41, 5.74) is -1.04. The first-order valence-corrected chi connectivity index (χ1v) is 7.96. The van der Waals surface area contributed by atoms with E-state index in [1.807, 2.05) is 11.0 Å². The molecule has 0 radical (unpaired) electrons. The molecule has 2 aromatic rings. The summed E-state index contributed by atoms with van der Waals surface area (Å²) < 4.78 is 1.64. The first-order chi connectivity index (χ1) is 11.5. The van der Waals surface area contributed by atoms with E-state index in [0.29, 0.717) is 24.6 Å². The second kappa shape index (κ2) is 6.56. The van der Waals surface area contributed by atoms with Gasteiger partial charge in [0.05, 0.1) is 24.4 Å². The maximum absolute atomic E-state index is 12.0. The van der Waals surface area contributed by atoms with Crippen molar-refractivity contribution in [3.05, 3.63) is 30.9 Å². The van der Waals surface area contributed by atoms with E-state index in [1.54, 1.807) is 43.6 Å². The maximum atomic E-state index is 12.0. The van der Waals surface area contributed by atoms with Crippen molar-refractivity contribution in [1.82, 2.24) is 24.6 Å². The number of hydrogen-bond donors (Lipinski definition) is 1. The second-order valence-corrected chi connectivity index (χ2v) is 6.40. The molecule has 0 spiro atoms. The summed E-state index contributed by atoms with van der Waals surface area (Å²) in [7, 11) is 3.40. The summed E-state index contributed by atoms with van der Waals surface area (Å²) in [5.74, 6) is 1.23. The number of aliphatic hydroxyl groups is 1. The smallest absolute Gasteiger partial charge is 0.225 e. The lowest BCUT2D eigenvalue weighted by Gasteiger charge is -2.39. The van der Waals surface area contributed by atoms with Gasteiger partial charge in [-0.3, -0.25) is 9.78 Å². The van der Waals surface area contributed by atoms with Crippen LogP contribution in [-0.4, -0.2) is 68.4 Å². The Morgan fingerprint density at radius 2 is 2.17 bits per heavy atom. The molecule has 8 heteroatoms. The van der Waals surface area contributed by atoms with Crippen LogP contribution in [0.4, 0.5) is 5.82 Å². The number of hydrogen-bond acceptors (Lipinski definition) is 6. The first kappa shape index (κ1) is 16.4. The summed E-state index contributed by atoms with van der Waals surface area (Å²) in [6.07, 6.45) is 8.31. The highest BCUT2D eigenvalue weighted by Crippen LogP contribution is 2.28. The average Bonchev–Trinajstić information content (AvgIpc) is 3.09. The van der Waals surface area contributed by atoms with Crippen molar-refractivity contribution >= 4 is 11.7 Å². The summed E-state index contributed by atoms with van der Waals surface area (Å²) in [4.78, 5) is 24.3. The number of carbonyl (C=O) groups excluding carboxylic acids is 1. The van der Waals surface area contributed by atoms with E-state index in [1.165, 1.54) is 4.90 Å². The third-order valence-electron chi connectivity index (χ3n) is 4.21. The molecule has 1 aliphatic heterocycles. The maximum Gasteiger partial charge on any atom is 0.225 e. The zero-order chi connectivity index (χ0) is 17.2. The Hall–Kier alpha value is -2.48. The molecular formula is C16H22N6O2. The fourth-order valence-electron chi connectivity index (χ4n) is 2.90. The van der Waals surface area contributed by atoms with Crippen LogP contribution in [0.2, 0.25) is 0 Å². The second-order valence-electron chi connectivity index (χ2n) is 6.40. The Bertz CT molecular complexity index is 702. The van der Waals surface area contributed by atoms with Crippen molar-refractivity contribution in [2.75, 3.05) is 32.1 Å². The van der Waals surface area contributed by atoms with Gasteiger partial charge in [0.25, 0.3) is 0 Å². The van der Waals surface area contributed by atoms with E-state index in [4.69, 9.17) is 0 Å². The van der Waals surface area contributed by atoms with Gasteiger partial charge in [-0.05, 0) is 18.9 Å². The van der Waals surface area contributed by atoms with E-state index < -0.39 is 5.60 Å². The minimum atomic E-state index is -1.04. The minimum Gasteiger partial charge on any atom is -0.388 e. The topological polar surface area (TPSA) is 87.4 Å². The number of rotatable bonds is 4. The van der Waals surface area contributed by atoms with Gasteiger partial charge in [-0.1, -0.05) is 0 Å². The number of aromatic nitrogens is 4. The van der Waals surface area contributed by atoms with Crippen LogP contribution in [0.3, 0.4) is 0 Å². The number of nitrogens with zero attached hydrogens (tertiary/aromatic N) is 6. The molecule has 8 nitrogen and oxygen atoms in total. The number of carbonyl (C=O) groups is 1. The molecule has 1 unspecified atom stereocenters. The summed E-state index contributed by atoms with van der Waals surface area (Å²) in [6.45, 7) is 1.14. The van der Waals surface area contributed by atoms with Crippen LogP contribution < -0.4 is 4.90 Å². The molecule has 24 heavy (non-hydrogen) atoms. The van der Waals surface area contributed by atoms with Crippen LogP contribution in [0.25, 0.3) is 5.82 Å². The van der Waals surface area contributed by atoms with Crippen molar-refractivity contribution in [2.24, 2.45) is 0 Å². The van der Waals surface area contributed by atoms with Gasteiger partial charge in [-0.15, -0.1) is 0 Å². The van der Waals surface area contributed by atoms with Crippen molar-refractivity contribution in [1.29, 1.82) is 0 Å². The lowest BCUT2D eigenvalue weighted by atomic mass is 9.89. The van der Waals surface area contributed by atoms with E-state index in [9.17, 15) is 9.90 Å². The Morgan fingerprint density at radius 3 is 2.88 bits per heavy atom. The van der Waals surface area contributed by atoms with Gasteiger partial charge >= 0.3 is 0 Å². The molecule has 1 saturated heterocycles. The van der Waals surface area contributed by atoms with E-state index in [-0.39, 0.29) is 12.3 Å². The van der Waals surface area contributed by atoms with Gasteiger partial charge in [-0.2, -0.15) is 5.10 Å². The monoisotopic (exact) mass is 330 g/mol. The lowest BCUT2D eigenvalue weighted by Crippen LogP contribution is -2.50. The van der Waals surface area contributed by atoms with Crippen LogP contribution in [0.5, 0.6) is 0 Å². The molecule has 0 bridgehead atoms. The van der Waals surface area contributed by atoms with Crippen molar-refractivity contribution in [3.8, 4) is 5.82 Å². The Labute approximate surface area is 140 Å². The molecule has 1 N–H and O–H groups in total. The normalized spacial score (nSPS) is 20.9. The van der Waals surface area contributed by atoms with Gasteiger partial charge in [-0.25, -0.2) is 9.67 Å². The SMILES string of the molecule is CN(C)C(=O)CC1(O)CCCN(c2cncc(-n3cccn3)n2)C1. The molecule has 1 aliphatic rings. The lowest BCUT2D eigenvalue weighted by molar-refractivity contribution is -0.134. The molecule has 3 heterocycles.